The van der Waals surface area contributed by atoms with Crippen LogP contribution in [-0.2, 0) is 9.53 Å². The van der Waals surface area contributed by atoms with Gasteiger partial charge in [-0.15, -0.1) is 0 Å². The first kappa shape index (κ1) is 14.7. The van der Waals surface area contributed by atoms with Gasteiger partial charge < -0.3 is 15.4 Å². The van der Waals surface area contributed by atoms with Crippen molar-refractivity contribution in [2.45, 2.75) is 31.8 Å². The highest BCUT2D eigenvalue weighted by atomic mass is 16.5. The monoisotopic (exact) mass is 277 g/mol. The van der Waals surface area contributed by atoms with E-state index in [2.05, 4.69) is 22.5 Å². The number of methoxy groups -OCH3 is 1. The van der Waals surface area contributed by atoms with Crippen molar-refractivity contribution in [2.75, 3.05) is 20.7 Å². The van der Waals surface area contributed by atoms with Crippen molar-refractivity contribution in [2.24, 2.45) is 0 Å². The van der Waals surface area contributed by atoms with Gasteiger partial charge in [0.1, 0.15) is 0 Å². The minimum atomic E-state index is -0.243. The molecule has 0 saturated carbocycles. The van der Waals surface area contributed by atoms with Crippen molar-refractivity contribution in [3.63, 3.8) is 0 Å². The Morgan fingerprint density at radius 2 is 2.35 bits per heavy atom. The average Bonchev–Trinajstić information content (AvgIpc) is 2.79. The van der Waals surface area contributed by atoms with E-state index in [1.54, 1.807) is 0 Å². The minimum Gasteiger partial charge on any atom is -0.465 e. The second-order valence-electron chi connectivity index (χ2n) is 5.09. The number of dihydropyridines is 1. The Kier molecular flexibility index (Phi) is 4.84. The molecule has 5 nitrogen and oxygen atoms in total. The Morgan fingerprint density at radius 3 is 3.05 bits per heavy atom. The third-order valence-corrected chi connectivity index (χ3v) is 3.77. The molecule has 1 aliphatic carbocycles. The lowest BCUT2D eigenvalue weighted by Gasteiger charge is -2.27. The normalized spacial score (nSPS) is 20.9. The molecule has 1 atom stereocenters. The highest BCUT2D eigenvalue weighted by molar-refractivity contribution is 5.93. The maximum absolute atomic E-state index is 11.9. The first-order valence-electron chi connectivity index (χ1n) is 7.03. The summed E-state index contributed by atoms with van der Waals surface area (Å²) in [5, 5.41) is 9.93. The van der Waals surface area contributed by atoms with Crippen molar-refractivity contribution in [1.82, 2.24) is 16.0 Å². The van der Waals surface area contributed by atoms with Gasteiger partial charge in [0.15, 0.2) is 0 Å². The maximum Gasteiger partial charge on any atom is 0.337 e. The second-order valence-corrected chi connectivity index (χ2v) is 5.09. The third kappa shape index (κ3) is 3.22. The van der Waals surface area contributed by atoms with Gasteiger partial charge in [-0.1, -0.05) is 6.58 Å². The molecule has 2 heterocycles. The van der Waals surface area contributed by atoms with E-state index in [4.69, 9.17) is 4.74 Å². The molecule has 1 fully saturated rings. The fourth-order valence-corrected chi connectivity index (χ4v) is 2.60. The molecule has 0 aromatic carbocycles. The van der Waals surface area contributed by atoms with Crippen LogP contribution in [0, 0.1) is 0 Å². The standard InChI is InChI=1S/C15H23N3O2/c1-10(16-2)7-8-17-14-12-6-4-5-11(18-14)9-13(12)15(19)20-3/h9,14,16-18H,1,4-8H2,2-3H3. The van der Waals surface area contributed by atoms with E-state index in [1.807, 2.05) is 13.1 Å². The zero-order valence-corrected chi connectivity index (χ0v) is 12.2. The highest BCUT2D eigenvalue weighted by Gasteiger charge is 2.29. The lowest BCUT2D eigenvalue weighted by atomic mass is 10.00. The summed E-state index contributed by atoms with van der Waals surface area (Å²) in [5.41, 5.74) is 3.92. The molecule has 20 heavy (non-hydrogen) atoms. The molecule has 5 heteroatoms. The summed E-state index contributed by atoms with van der Waals surface area (Å²) >= 11 is 0. The SMILES string of the molecule is C=C(CCNC1NC2=CC(C(=O)OC)=C1CCC2)NC. The minimum absolute atomic E-state index is 0.0243. The molecule has 0 aromatic rings. The van der Waals surface area contributed by atoms with Crippen LogP contribution in [0.3, 0.4) is 0 Å². The Morgan fingerprint density at radius 1 is 1.55 bits per heavy atom. The van der Waals surface area contributed by atoms with Gasteiger partial charge in [0, 0.05) is 25.0 Å². The summed E-state index contributed by atoms with van der Waals surface area (Å²) in [6.07, 6.45) is 5.77. The molecule has 0 aromatic heterocycles. The van der Waals surface area contributed by atoms with E-state index < -0.39 is 0 Å². The molecule has 0 amide bonds. The molecule has 1 saturated heterocycles. The largest absolute Gasteiger partial charge is 0.465 e. The lowest BCUT2D eigenvalue weighted by molar-refractivity contribution is -0.135. The van der Waals surface area contributed by atoms with Crippen molar-refractivity contribution >= 4 is 5.97 Å². The van der Waals surface area contributed by atoms with E-state index in [0.717, 1.165) is 49.2 Å². The average molecular weight is 277 g/mol. The van der Waals surface area contributed by atoms with Gasteiger partial charge in [0.05, 0.1) is 18.8 Å². The fourth-order valence-electron chi connectivity index (χ4n) is 2.60. The van der Waals surface area contributed by atoms with Crippen LogP contribution in [0.2, 0.25) is 0 Å². The number of ether oxygens (including phenoxy) is 1. The van der Waals surface area contributed by atoms with Crippen molar-refractivity contribution in [3.05, 3.63) is 35.2 Å². The van der Waals surface area contributed by atoms with E-state index in [0.29, 0.717) is 5.57 Å². The Hall–Kier alpha value is -1.75. The first-order chi connectivity index (χ1) is 9.65. The van der Waals surface area contributed by atoms with Crippen LogP contribution in [-0.4, -0.2) is 32.8 Å². The fraction of sp³-hybridized carbons (Fsp3) is 0.533. The Bertz CT molecular complexity index is 466. The molecule has 110 valence electrons. The number of rotatable bonds is 6. The smallest absolute Gasteiger partial charge is 0.337 e. The van der Waals surface area contributed by atoms with Gasteiger partial charge in [0.2, 0.25) is 0 Å². The molecular weight excluding hydrogens is 254 g/mol. The number of fused-ring (bicyclic) bond motifs is 4. The van der Waals surface area contributed by atoms with Crippen LogP contribution in [0.15, 0.2) is 35.2 Å². The number of allylic oxidation sites excluding steroid dienone is 1. The zero-order chi connectivity index (χ0) is 14.5. The summed E-state index contributed by atoms with van der Waals surface area (Å²) < 4.78 is 4.89. The van der Waals surface area contributed by atoms with Crippen molar-refractivity contribution < 1.29 is 9.53 Å². The number of carbonyl (C=O) groups is 1. The number of carbonyl (C=O) groups excluding carboxylic acids is 1. The van der Waals surface area contributed by atoms with Gasteiger partial charge in [0.25, 0.3) is 0 Å². The first-order valence-corrected chi connectivity index (χ1v) is 7.03. The van der Waals surface area contributed by atoms with Gasteiger partial charge in [-0.3, -0.25) is 5.32 Å². The quantitative estimate of drug-likeness (QED) is 0.636. The van der Waals surface area contributed by atoms with Gasteiger partial charge in [-0.05, 0) is 37.3 Å². The van der Waals surface area contributed by atoms with E-state index in [1.165, 1.54) is 7.11 Å². The van der Waals surface area contributed by atoms with Crippen molar-refractivity contribution in [1.29, 1.82) is 0 Å². The number of esters is 1. The van der Waals surface area contributed by atoms with E-state index in [9.17, 15) is 4.79 Å². The maximum atomic E-state index is 11.9. The van der Waals surface area contributed by atoms with Gasteiger partial charge in [-0.25, -0.2) is 4.79 Å². The molecule has 1 unspecified atom stereocenters. The predicted octanol–water partition coefficient (Wildman–Crippen LogP) is 1.17. The van der Waals surface area contributed by atoms with Crippen LogP contribution < -0.4 is 16.0 Å². The van der Waals surface area contributed by atoms with Crippen LogP contribution in [0.4, 0.5) is 0 Å². The van der Waals surface area contributed by atoms with Crippen molar-refractivity contribution in [3.8, 4) is 0 Å². The number of nitrogens with one attached hydrogen (secondary N) is 3. The zero-order valence-electron chi connectivity index (χ0n) is 12.2. The molecule has 3 N–H and O–H groups in total. The molecule has 3 rings (SSSR count). The molecule has 0 radical (unpaired) electrons. The summed E-state index contributed by atoms with van der Waals surface area (Å²) in [6.45, 7) is 4.72. The van der Waals surface area contributed by atoms with Crippen LogP contribution in [0.5, 0.6) is 0 Å². The lowest BCUT2D eigenvalue weighted by Crippen LogP contribution is -2.45. The molecule has 0 spiro atoms. The van der Waals surface area contributed by atoms with Crippen LogP contribution in [0.1, 0.15) is 25.7 Å². The third-order valence-electron chi connectivity index (χ3n) is 3.77. The number of hydrogen-bond acceptors (Lipinski definition) is 5. The Labute approximate surface area is 120 Å². The summed E-state index contributed by atoms with van der Waals surface area (Å²) in [6, 6.07) is 0. The molecular formula is C15H23N3O2. The summed E-state index contributed by atoms with van der Waals surface area (Å²) in [5.74, 6) is -0.243. The predicted molar refractivity (Wildman–Crippen MR) is 78.7 cm³/mol. The van der Waals surface area contributed by atoms with Crippen LogP contribution in [0.25, 0.3) is 0 Å². The van der Waals surface area contributed by atoms with Gasteiger partial charge >= 0.3 is 5.97 Å². The molecule has 2 bridgehead atoms. The van der Waals surface area contributed by atoms with Crippen LogP contribution >= 0.6 is 0 Å². The van der Waals surface area contributed by atoms with E-state index in [-0.39, 0.29) is 12.1 Å². The molecule has 2 aliphatic heterocycles. The Balaban J connectivity index is 2.07. The number of hydrogen-bond donors (Lipinski definition) is 3. The topological polar surface area (TPSA) is 62.4 Å². The van der Waals surface area contributed by atoms with E-state index >= 15 is 0 Å². The van der Waals surface area contributed by atoms with Gasteiger partial charge in [-0.2, -0.15) is 0 Å². The molecule has 3 aliphatic rings. The highest BCUT2D eigenvalue weighted by Crippen LogP contribution is 2.29. The summed E-state index contributed by atoms with van der Waals surface area (Å²) in [7, 11) is 3.30. The second kappa shape index (κ2) is 6.61. The summed E-state index contributed by atoms with van der Waals surface area (Å²) in [4.78, 5) is 11.9.